The highest BCUT2D eigenvalue weighted by Gasteiger charge is 2.19. The average molecular weight is 365 g/mol. The number of nitrogens with one attached hydrogen (secondary N) is 2. The Bertz CT molecular complexity index is 869. The molecular formula is C16H19N3O5S. The number of benzene rings is 1. The predicted octanol–water partition coefficient (Wildman–Crippen LogP) is 0.819. The van der Waals surface area contributed by atoms with Crippen LogP contribution in [0.3, 0.4) is 0 Å². The van der Waals surface area contributed by atoms with Gasteiger partial charge in [-0.2, -0.15) is 0 Å². The molecule has 0 saturated carbocycles. The standard InChI is InChI=1S/C16H19N3O5S/c1-17-25(22,23)14-9-8-13(24-14)15(20)18-10-11-4-6-12(7-5-11)16(21)19(2)3/h4-9,17H,10H2,1-3H3,(H,18,20). The van der Waals surface area contributed by atoms with Gasteiger partial charge in [-0.15, -0.1) is 0 Å². The van der Waals surface area contributed by atoms with Crippen molar-refractivity contribution in [1.82, 2.24) is 14.9 Å². The van der Waals surface area contributed by atoms with E-state index in [-0.39, 0.29) is 23.3 Å². The molecule has 0 spiro atoms. The number of furan rings is 1. The second-order valence-electron chi connectivity index (χ2n) is 5.41. The van der Waals surface area contributed by atoms with Crippen molar-refractivity contribution in [3.05, 3.63) is 53.3 Å². The molecule has 8 nitrogen and oxygen atoms in total. The lowest BCUT2D eigenvalue weighted by Gasteiger charge is -2.10. The summed E-state index contributed by atoms with van der Waals surface area (Å²) < 4.78 is 30.3. The summed E-state index contributed by atoms with van der Waals surface area (Å²) in [6.45, 7) is 0.212. The van der Waals surface area contributed by atoms with Crippen molar-refractivity contribution < 1.29 is 22.4 Å². The number of hydrogen-bond acceptors (Lipinski definition) is 5. The Morgan fingerprint density at radius 2 is 1.72 bits per heavy atom. The lowest BCUT2D eigenvalue weighted by Crippen LogP contribution is -2.23. The molecule has 2 aromatic rings. The summed E-state index contributed by atoms with van der Waals surface area (Å²) in [5.74, 6) is -0.747. The predicted molar refractivity (Wildman–Crippen MR) is 90.6 cm³/mol. The summed E-state index contributed by atoms with van der Waals surface area (Å²) in [5.41, 5.74) is 1.34. The molecule has 0 aliphatic rings. The van der Waals surface area contributed by atoms with Gasteiger partial charge in [0.05, 0.1) is 0 Å². The van der Waals surface area contributed by atoms with Gasteiger partial charge in [-0.3, -0.25) is 9.59 Å². The van der Waals surface area contributed by atoms with Crippen LogP contribution >= 0.6 is 0 Å². The molecule has 0 saturated heterocycles. The van der Waals surface area contributed by atoms with E-state index < -0.39 is 15.9 Å². The minimum atomic E-state index is -3.73. The summed E-state index contributed by atoms with van der Waals surface area (Å²) in [7, 11) is 0.860. The Balaban J connectivity index is 2.00. The number of nitrogens with zero attached hydrogens (tertiary/aromatic N) is 1. The van der Waals surface area contributed by atoms with Gasteiger partial charge in [0.2, 0.25) is 5.09 Å². The van der Waals surface area contributed by atoms with Gasteiger partial charge < -0.3 is 14.6 Å². The molecule has 0 atom stereocenters. The largest absolute Gasteiger partial charge is 0.438 e. The number of amides is 2. The first kappa shape index (κ1) is 18.7. The van der Waals surface area contributed by atoms with Gasteiger partial charge in [0.25, 0.3) is 21.8 Å². The summed E-state index contributed by atoms with van der Waals surface area (Å²) in [5, 5.41) is 2.30. The zero-order chi connectivity index (χ0) is 18.6. The zero-order valence-corrected chi connectivity index (χ0v) is 14.9. The van der Waals surface area contributed by atoms with Crippen LogP contribution in [0.4, 0.5) is 0 Å². The SMILES string of the molecule is CNS(=O)(=O)c1ccc(C(=O)NCc2ccc(C(=O)N(C)C)cc2)o1. The fraction of sp³-hybridized carbons (Fsp3) is 0.250. The second kappa shape index (κ2) is 7.49. The van der Waals surface area contributed by atoms with E-state index in [2.05, 4.69) is 10.0 Å². The molecule has 1 heterocycles. The number of sulfonamides is 1. The minimum absolute atomic E-state index is 0.103. The third-order valence-electron chi connectivity index (χ3n) is 3.40. The van der Waals surface area contributed by atoms with Crippen LogP contribution in [0.25, 0.3) is 0 Å². The Labute approximate surface area is 145 Å². The summed E-state index contributed by atoms with van der Waals surface area (Å²) in [6.07, 6.45) is 0. The van der Waals surface area contributed by atoms with Crippen LogP contribution in [0.15, 0.2) is 45.9 Å². The Kier molecular flexibility index (Phi) is 5.60. The molecule has 0 radical (unpaired) electrons. The van der Waals surface area contributed by atoms with Crippen molar-refractivity contribution in [3.8, 4) is 0 Å². The van der Waals surface area contributed by atoms with Gasteiger partial charge in [0.1, 0.15) is 0 Å². The van der Waals surface area contributed by atoms with Gasteiger partial charge in [-0.25, -0.2) is 13.1 Å². The molecule has 2 rings (SSSR count). The Morgan fingerprint density at radius 1 is 1.08 bits per heavy atom. The quantitative estimate of drug-likeness (QED) is 0.788. The maximum absolute atomic E-state index is 12.0. The van der Waals surface area contributed by atoms with E-state index in [1.54, 1.807) is 38.4 Å². The Morgan fingerprint density at radius 3 is 2.28 bits per heavy atom. The highest BCUT2D eigenvalue weighted by atomic mass is 32.2. The van der Waals surface area contributed by atoms with Crippen LogP contribution in [0, 0.1) is 0 Å². The second-order valence-corrected chi connectivity index (χ2v) is 7.22. The zero-order valence-electron chi connectivity index (χ0n) is 14.1. The maximum Gasteiger partial charge on any atom is 0.287 e. The summed E-state index contributed by atoms with van der Waals surface area (Å²) in [4.78, 5) is 25.3. The van der Waals surface area contributed by atoms with E-state index in [9.17, 15) is 18.0 Å². The van der Waals surface area contributed by atoms with Crippen LogP contribution in [0.1, 0.15) is 26.5 Å². The molecule has 0 aliphatic carbocycles. The first-order valence-corrected chi connectivity index (χ1v) is 8.85. The molecule has 1 aromatic heterocycles. The number of carbonyl (C=O) groups is 2. The first-order valence-electron chi connectivity index (χ1n) is 7.37. The highest BCUT2D eigenvalue weighted by Crippen LogP contribution is 2.13. The van der Waals surface area contributed by atoms with Crippen LogP contribution in [-0.4, -0.2) is 46.3 Å². The van der Waals surface area contributed by atoms with E-state index in [1.807, 2.05) is 0 Å². The van der Waals surface area contributed by atoms with Crippen molar-refractivity contribution in [2.75, 3.05) is 21.1 Å². The monoisotopic (exact) mass is 365 g/mol. The Hall–Kier alpha value is -2.65. The molecule has 2 amide bonds. The lowest BCUT2D eigenvalue weighted by atomic mass is 10.1. The van der Waals surface area contributed by atoms with E-state index in [0.29, 0.717) is 5.56 Å². The fourth-order valence-electron chi connectivity index (χ4n) is 1.98. The summed E-state index contributed by atoms with van der Waals surface area (Å²) in [6, 6.07) is 9.31. The molecule has 9 heteroatoms. The minimum Gasteiger partial charge on any atom is -0.438 e. The van der Waals surface area contributed by atoms with Gasteiger partial charge >= 0.3 is 0 Å². The highest BCUT2D eigenvalue weighted by molar-refractivity contribution is 7.89. The van der Waals surface area contributed by atoms with Gasteiger partial charge in [-0.05, 0) is 36.9 Å². The van der Waals surface area contributed by atoms with Gasteiger partial charge in [0, 0.05) is 26.2 Å². The van der Waals surface area contributed by atoms with E-state index in [0.717, 1.165) is 5.56 Å². The fourth-order valence-corrected chi connectivity index (χ4v) is 2.63. The van der Waals surface area contributed by atoms with Crippen LogP contribution in [-0.2, 0) is 16.6 Å². The molecule has 134 valence electrons. The van der Waals surface area contributed by atoms with Crippen molar-refractivity contribution in [3.63, 3.8) is 0 Å². The molecule has 25 heavy (non-hydrogen) atoms. The molecule has 1 aromatic carbocycles. The van der Waals surface area contributed by atoms with Crippen molar-refractivity contribution in [1.29, 1.82) is 0 Å². The molecular weight excluding hydrogens is 346 g/mol. The molecule has 0 unspecified atom stereocenters. The van der Waals surface area contributed by atoms with E-state index >= 15 is 0 Å². The van der Waals surface area contributed by atoms with E-state index in [4.69, 9.17) is 4.42 Å². The van der Waals surface area contributed by atoms with Crippen molar-refractivity contribution in [2.45, 2.75) is 11.6 Å². The van der Waals surface area contributed by atoms with Crippen molar-refractivity contribution in [2.24, 2.45) is 0 Å². The van der Waals surface area contributed by atoms with E-state index in [1.165, 1.54) is 24.1 Å². The maximum atomic E-state index is 12.0. The normalized spacial score (nSPS) is 11.2. The number of hydrogen-bond donors (Lipinski definition) is 2. The first-order chi connectivity index (χ1) is 11.7. The van der Waals surface area contributed by atoms with Crippen LogP contribution < -0.4 is 10.0 Å². The molecule has 0 bridgehead atoms. The molecule has 0 aliphatic heterocycles. The third kappa shape index (κ3) is 4.46. The van der Waals surface area contributed by atoms with Crippen LogP contribution in [0.5, 0.6) is 0 Å². The van der Waals surface area contributed by atoms with Gasteiger partial charge in [0.15, 0.2) is 5.76 Å². The molecule has 0 fully saturated rings. The van der Waals surface area contributed by atoms with Crippen LogP contribution in [0.2, 0.25) is 0 Å². The van der Waals surface area contributed by atoms with Crippen molar-refractivity contribution >= 4 is 21.8 Å². The van der Waals surface area contributed by atoms with Gasteiger partial charge in [-0.1, -0.05) is 12.1 Å². The topological polar surface area (TPSA) is 109 Å². The lowest BCUT2D eigenvalue weighted by molar-refractivity contribution is 0.0827. The molecule has 2 N–H and O–H groups in total. The average Bonchev–Trinajstić information content (AvgIpc) is 3.10. The third-order valence-corrected chi connectivity index (χ3v) is 4.69. The smallest absolute Gasteiger partial charge is 0.287 e. The number of carbonyl (C=O) groups excluding carboxylic acids is 2. The summed E-state index contributed by atoms with van der Waals surface area (Å²) >= 11 is 0. The number of rotatable bonds is 6.